The SMILES string of the molecule is Cc1cc(-c2cnc(C=O)s2)cnc1C. The van der Waals surface area contributed by atoms with E-state index in [2.05, 4.69) is 16.0 Å². The fraction of sp³-hybridized carbons (Fsp3) is 0.182. The second-order valence-electron chi connectivity index (χ2n) is 3.31. The van der Waals surface area contributed by atoms with Crippen LogP contribution in [0.2, 0.25) is 0 Å². The Balaban J connectivity index is 2.44. The number of hydrogen-bond donors (Lipinski definition) is 0. The Labute approximate surface area is 91.8 Å². The molecule has 0 aromatic carbocycles. The molecule has 0 N–H and O–H groups in total. The lowest BCUT2D eigenvalue weighted by Crippen LogP contribution is -1.86. The standard InChI is InChI=1S/C11H10N2OS/c1-7-3-9(4-12-8(7)2)10-5-13-11(6-14)15-10/h3-6H,1-2H3. The Morgan fingerprint density at radius 3 is 2.67 bits per heavy atom. The van der Waals surface area contributed by atoms with Gasteiger partial charge in [0.15, 0.2) is 11.3 Å². The highest BCUT2D eigenvalue weighted by atomic mass is 32.1. The molecule has 0 aliphatic rings. The summed E-state index contributed by atoms with van der Waals surface area (Å²) in [4.78, 5) is 19.8. The molecule has 76 valence electrons. The number of aldehydes is 1. The predicted molar refractivity (Wildman–Crippen MR) is 60.2 cm³/mol. The quantitative estimate of drug-likeness (QED) is 0.728. The van der Waals surface area contributed by atoms with Crippen LogP contribution < -0.4 is 0 Å². The molecule has 0 saturated heterocycles. The molecule has 0 aliphatic heterocycles. The van der Waals surface area contributed by atoms with Crippen LogP contribution in [-0.2, 0) is 0 Å². The number of aromatic nitrogens is 2. The third-order valence-corrected chi connectivity index (χ3v) is 3.22. The molecule has 0 saturated carbocycles. The van der Waals surface area contributed by atoms with Gasteiger partial charge in [0.05, 0.1) is 4.88 Å². The van der Waals surface area contributed by atoms with Crippen molar-refractivity contribution in [3.05, 3.63) is 34.7 Å². The van der Waals surface area contributed by atoms with Gasteiger partial charge in [0.1, 0.15) is 0 Å². The number of pyridine rings is 1. The first-order chi connectivity index (χ1) is 7.20. The van der Waals surface area contributed by atoms with Crippen LogP contribution in [-0.4, -0.2) is 16.3 Å². The average Bonchev–Trinajstić information content (AvgIpc) is 2.70. The number of hydrogen-bond acceptors (Lipinski definition) is 4. The van der Waals surface area contributed by atoms with Crippen LogP contribution in [0.3, 0.4) is 0 Å². The van der Waals surface area contributed by atoms with Crippen molar-refractivity contribution in [2.75, 3.05) is 0 Å². The van der Waals surface area contributed by atoms with Crippen LogP contribution in [0.15, 0.2) is 18.5 Å². The summed E-state index contributed by atoms with van der Waals surface area (Å²) in [5, 5.41) is 0.503. The zero-order chi connectivity index (χ0) is 10.8. The molecule has 0 amide bonds. The van der Waals surface area contributed by atoms with Gasteiger partial charge in [-0.1, -0.05) is 0 Å². The Morgan fingerprint density at radius 2 is 2.07 bits per heavy atom. The van der Waals surface area contributed by atoms with Gasteiger partial charge < -0.3 is 0 Å². The van der Waals surface area contributed by atoms with Crippen molar-refractivity contribution < 1.29 is 4.79 Å². The maximum Gasteiger partial charge on any atom is 0.178 e. The van der Waals surface area contributed by atoms with Gasteiger partial charge in [-0.15, -0.1) is 11.3 Å². The number of carbonyl (C=O) groups excluding carboxylic acids is 1. The van der Waals surface area contributed by atoms with E-state index in [4.69, 9.17) is 0 Å². The zero-order valence-electron chi connectivity index (χ0n) is 8.52. The van der Waals surface area contributed by atoms with Gasteiger partial charge in [0, 0.05) is 23.7 Å². The van der Waals surface area contributed by atoms with E-state index in [9.17, 15) is 4.79 Å². The van der Waals surface area contributed by atoms with Crippen LogP contribution in [0.4, 0.5) is 0 Å². The van der Waals surface area contributed by atoms with Crippen molar-refractivity contribution in [3.8, 4) is 10.4 Å². The topological polar surface area (TPSA) is 42.9 Å². The van der Waals surface area contributed by atoms with Crippen LogP contribution >= 0.6 is 11.3 Å². The molecule has 0 bridgehead atoms. The van der Waals surface area contributed by atoms with Gasteiger partial charge in [-0.05, 0) is 25.5 Å². The second kappa shape index (κ2) is 3.90. The monoisotopic (exact) mass is 218 g/mol. The molecule has 0 fully saturated rings. The third kappa shape index (κ3) is 1.94. The van der Waals surface area contributed by atoms with Crippen molar-refractivity contribution in [1.29, 1.82) is 0 Å². The molecule has 0 spiro atoms. The molecule has 0 radical (unpaired) electrons. The molecule has 2 heterocycles. The van der Waals surface area contributed by atoms with Crippen molar-refractivity contribution in [2.24, 2.45) is 0 Å². The van der Waals surface area contributed by atoms with Gasteiger partial charge >= 0.3 is 0 Å². The molecule has 15 heavy (non-hydrogen) atoms. The summed E-state index contributed by atoms with van der Waals surface area (Å²) >= 11 is 1.38. The zero-order valence-corrected chi connectivity index (χ0v) is 9.34. The van der Waals surface area contributed by atoms with Crippen LogP contribution in [0.25, 0.3) is 10.4 Å². The van der Waals surface area contributed by atoms with Crippen molar-refractivity contribution in [1.82, 2.24) is 9.97 Å². The van der Waals surface area contributed by atoms with E-state index in [1.807, 2.05) is 20.0 Å². The molecule has 2 aromatic rings. The van der Waals surface area contributed by atoms with E-state index < -0.39 is 0 Å². The lowest BCUT2D eigenvalue weighted by atomic mass is 10.1. The number of rotatable bonds is 2. The highest BCUT2D eigenvalue weighted by Crippen LogP contribution is 2.25. The molecule has 0 atom stereocenters. The van der Waals surface area contributed by atoms with Crippen LogP contribution in [0, 0.1) is 13.8 Å². The number of thiazole rings is 1. The molecular weight excluding hydrogens is 208 g/mol. The average molecular weight is 218 g/mol. The highest BCUT2D eigenvalue weighted by molar-refractivity contribution is 7.16. The maximum atomic E-state index is 10.5. The molecule has 3 nitrogen and oxygen atoms in total. The number of carbonyl (C=O) groups is 1. The number of aryl methyl sites for hydroxylation is 2. The minimum Gasteiger partial charge on any atom is -0.295 e. The van der Waals surface area contributed by atoms with E-state index in [1.54, 1.807) is 6.20 Å². The van der Waals surface area contributed by atoms with Gasteiger partial charge in [0.2, 0.25) is 0 Å². The Morgan fingerprint density at radius 1 is 1.27 bits per heavy atom. The summed E-state index contributed by atoms with van der Waals surface area (Å²) in [6.07, 6.45) is 4.28. The summed E-state index contributed by atoms with van der Waals surface area (Å²) in [6.45, 7) is 4.00. The summed E-state index contributed by atoms with van der Waals surface area (Å²) in [5.74, 6) is 0. The van der Waals surface area contributed by atoms with Gasteiger partial charge in [-0.3, -0.25) is 9.78 Å². The minimum absolute atomic E-state index is 0.503. The normalized spacial score (nSPS) is 10.3. The Bertz CT molecular complexity index is 505. The Hall–Kier alpha value is -1.55. The van der Waals surface area contributed by atoms with E-state index in [-0.39, 0.29) is 0 Å². The highest BCUT2D eigenvalue weighted by Gasteiger charge is 2.05. The van der Waals surface area contributed by atoms with E-state index >= 15 is 0 Å². The number of nitrogens with zero attached hydrogens (tertiary/aromatic N) is 2. The molecular formula is C11H10N2OS. The first-order valence-corrected chi connectivity index (χ1v) is 5.37. The Kier molecular flexibility index (Phi) is 2.60. The minimum atomic E-state index is 0.503. The van der Waals surface area contributed by atoms with Gasteiger partial charge in [0.25, 0.3) is 0 Å². The molecule has 0 aliphatic carbocycles. The van der Waals surface area contributed by atoms with Crippen LogP contribution in [0.1, 0.15) is 21.1 Å². The lowest BCUT2D eigenvalue weighted by Gasteiger charge is -2.00. The summed E-state index contributed by atoms with van der Waals surface area (Å²) in [5.41, 5.74) is 3.19. The van der Waals surface area contributed by atoms with E-state index in [0.717, 1.165) is 28.0 Å². The lowest BCUT2D eigenvalue weighted by molar-refractivity contribution is 0.112. The van der Waals surface area contributed by atoms with E-state index in [1.165, 1.54) is 11.3 Å². The third-order valence-electron chi connectivity index (χ3n) is 2.25. The first-order valence-electron chi connectivity index (χ1n) is 4.55. The molecule has 0 unspecified atom stereocenters. The maximum absolute atomic E-state index is 10.5. The summed E-state index contributed by atoms with van der Waals surface area (Å²) in [6, 6.07) is 2.06. The predicted octanol–water partition coefficient (Wildman–Crippen LogP) is 2.63. The second-order valence-corrected chi connectivity index (χ2v) is 4.37. The van der Waals surface area contributed by atoms with Crippen molar-refractivity contribution >= 4 is 17.6 Å². The fourth-order valence-corrected chi connectivity index (χ4v) is 1.97. The van der Waals surface area contributed by atoms with Crippen LogP contribution in [0.5, 0.6) is 0 Å². The smallest absolute Gasteiger partial charge is 0.178 e. The van der Waals surface area contributed by atoms with E-state index in [0.29, 0.717) is 5.01 Å². The fourth-order valence-electron chi connectivity index (χ4n) is 1.25. The van der Waals surface area contributed by atoms with Crippen molar-refractivity contribution in [3.63, 3.8) is 0 Å². The molecule has 4 heteroatoms. The first kappa shape index (κ1) is 9.98. The van der Waals surface area contributed by atoms with Gasteiger partial charge in [-0.25, -0.2) is 4.98 Å². The van der Waals surface area contributed by atoms with Gasteiger partial charge in [-0.2, -0.15) is 0 Å². The van der Waals surface area contributed by atoms with Crippen molar-refractivity contribution in [2.45, 2.75) is 13.8 Å². The largest absolute Gasteiger partial charge is 0.295 e. The summed E-state index contributed by atoms with van der Waals surface area (Å²) in [7, 11) is 0. The molecule has 2 rings (SSSR count). The summed E-state index contributed by atoms with van der Waals surface area (Å²) < 4.78 is 0. The molecule has 2 aromatic heterocycles.